The van der Waals surface area contributed by atoms with E-state index in [9.17, 15) is 0 Å². The summed E-state index contributed by atoms with van der Waals surface area (Å²) in [6.45, 7) is 10.7. The van der Waals surface area contributed by atoms with E-state index in [1.807, 2.05) is 0 Å². The van der Waals surface area contributed by atoms with Crippen molar-refractivity contribution in [2.45, 2.75) is 47.0 Å². The molecule has 0 unspecified atom stereocenters. The summed E-state index contributed by atoms with van der Waals surface area (Å²) in [5, 5.41) is 0. The monoisotopic (exact) mass is 282 g/mol. The van der Waals surface area contributed by atoms with E-state index in [0.717, 1.165) is 28.9 Å². The number of aryl methyl sites for hydroxylation is 3. The van der Waals surface area contributed by atoms with E-state index >= 15 is 0 Å². The van der Waals surface area contributed by atoms with Gasteiger partial charge in [0.2, 0.25) is 0 Å². The molecule has 112 valence electrons. The number of anilines is 2. The van der Waals surface area contributed by atoms with Crippen LogP contribution in [0.1, 0.15) is 53.1 Å². The lowest BCUT2D eigenvalue weighted by molar-refractivity contribution is 0.862. The maximum Gasteiger partial charge on any atom is 0.0379 e. The largest absolute Gasteiger partial charge is 0.398 e. The third kappa shape index (κ3) is 3.21. The number of nitrogen functional groups attached to an aromatic ring is 2. The molecule has 0 fully saturated rings. The first kappa shape index (κ1) is 15.4. The minimum Gasteiger partial charge on any atom is -0.398 e. The third-order valence-corrected chi connectivity index (χ3v) is 4.16. The number of hydrogen-bond acceptors (Lipinski definition) is 2. The van der Waals surface area contributed by atoms with Gasteiger partial charge in [0.05, 0.1) is 0 Å². The van der Waals surface area contributed by atoms with E-state index in [-0.39, 0.29) is 0 Å². The highest BCUT2D eigenvalue weighted by Crippen LogP contribution is 2.29. The second-order valence-electron chi connectivity index (χ2n) is 6.40. The van der Waals surface area contributed by atoms with Crippen molar-refractivity contribution in [2.24, 2.45) is 0 Å². The molecule has 0 aliphatic rings. The van der Waals surface area contributed by atoms with Gasteiger partial charge >= 0.3 is 0 Å². The van der Waals surface area contributed by atoms with Crippen molar-refractivity contribution in [3.8, 4) is 0 Å². The lowest BCUT2D eigenvalue weighted by atomic mass is 9.92. The average molecular weight is 282 g/mol. The maximum atomic E-state index is 6.28. The molecule has 2 nitrogen and oxygen atoms in total. The zero-order valence-corrected chi connectivity index (χ0v) is 13.7. The van der Waals surface area contributed by atoms with Crippen molar-refractivity contribution in [2.75, 3.05) is 11.5 Å². The molecule has 0 aliphatic carbocycles. The molecule has 2 aromatic carbocycles. The van der Waals surface area contributed by atoms with E-state index in [1.165, 1.54) is 22.3 Å². The van der Waals surface area contributed by atoms with E-state index in [1.54, 1.807) is 0 Å². The molecule has 0 bridgehead atoms. The van der Waals surface area contributed by atoms with Gasteiger partial charge in [-0.05, 0) is 54.5 Å². The minimum atomic E-state index is 0.500. The fourth-order valence-corrected chi connectivity index (χ4v) is 2.80. The Hall–Kier alpha value is -1.96. The van der Waals surface area contributed by atoms with Crippen molar-refractivity contribution >= 4 is 11.4 Å². The Morgan fingerprint density at radius 2 is 1.33 bits per heavy atom. The van der Waals surface area contributed by atoms with E-state index in [2.05, 4.69) is 58.9 Å². The van der Waals surface area contributed by atoms with Gasteiger partial charge in [0.15, 0.2) is 0 Å². The molecular formula is C19H26N2. The van der Waals surface area contributed by atoms with Crippen LogP contribution >= 0.6 is 0 Å². The summed E-state index contributed by atoms with van der Waals surface area (Å²) in [6.07, 6.45) is 0.793. The Bertz CT molecular complexity index is 670. The van der Waals surface area contributed by atoms with Gasteiger partial charge in [-0.25, -0.2) is 0 Å². The average Bonchev–Trinajstić information content (AvgIpc) is 2.40. The lowest BCUT2D eigenvalue weighted by Gasteiger charge is -2.16. The Morgan fingerprint density at radius 3 is 1.90 bits per heavy atom. The fourth-order valence-electron chi connectivity index (χ4n) is 2.80. The van der Waals surface area contributed by atoms with Gasteiger partial charge in [-0.2, -0.15) is 0 Å². The zero-order chi connectivity index (χ0) is 15.7. The van der Waals surface area contributed by atoms with Crippen LogP contribution in [-0.4, -0.2) is 0 Å². The van der Waals surface area contributed by atoms with Gasteiger partial charge in [0.25, 0.3) is 0 Å². The Balaban J connectivity index is 2.49. The summed E-state index contributed by atoms with van der Waals surface area (Å²) < 4.78 is 0. The van der Waals surface area contributed by atoms with Crippen molar-refractivity contribution in [3.63, 3.8) is 0 Å². The van der Waals surface area contributed by atoms with Crippen molar-refractivity contribution in [1.82, 2.24) is 0 Å². The molecule has 0 spiro atoms. The molecule has 2 heteroatoms. The van der Waals surface area contributed by atoms with E-state index in [4.69, 9.17) is 11.5 Å². The fraction of sp³-hybridized carbons (Fsp3) is 0.368. The summed E-state index contributed by atoms with van der Waals surface area (Å²) in [5.74, 6) is 0.500. The van der Waals surface area contributed by atoms with Crippen molar-refractivity contribution in [1.29, 1.82) is 0 Å². The van der Waals surface area contributed by atoms with Crippen molar-refractivity contribution < 1.29 is 0 Å². The van der Waals surface area contributed by atoms with Gasteiger partial charge in [-0.3, -0.25) is 0 Å². The molecule has 0 saturated heterocycles. The second-order valence-corrected chi connectivity index (χ2v) is 6.40. The summed E-state index contributed by atoms with van der Waals surface area (Å²) in [7, 11) is 0. The molecule has 4 N–H and O–H groups in total. The van der Waals surface area contributed by atoms with Crippen LogP contribution in [0.5, 0.6) is 0 Å². The van der Waals surface area contributed by atoms with Crippen LogP contribution in [0.2, 0.25) is 0 Å². The summed E-state index contributed by atoms with van der Waals surface area (Å²) in [6, 6.07) is 8.70. The molecule has 0 aliphatic heterocycles. The van der Waals surface area contributed by atoms with Crippen LogP contribution in [0.3, 0.4) is 0 Å². The summed E-state index contributed by atoms with van der Waals surface area (Å²) >= 11 is 0. The van der Waals surface area contributed by atoms with Crippen LogP contribution in [0.4, 0.5) is 11.4 Å². The molecule has 0 amide bonds. The van der Waals surface area contributed by atoms with Crippen LogP contribution in [0, 0.1) is 20.8 Å². The quantitative estimate of drug-likeness (QED) is 0.815. The Kier molecular flexibility index (Phi) is 4.26. The number of rotatable bonds is 3. The standard InChI is InChI=1S/C19H26N2/c1-11(2)15-8-14(5)19(21)17(9-15)10-16-7-12(3)6-13(4)18(16)20/h6-9,11H,10,20-21H2,1-5H3. The van der Waals surface area contributed by atoms with Crippen LogP contribution in [-0.2, 0) is 6.42 Å². The van der Waals surface area contributed by atoms with Gasteiger partial charge < -0.3 is 11.5 Å². The second kappa shape index (κ2) is 5.80. The van der Waals surface area contributed by atoms with Gasteiger partial charge in [0.1, 0.15) is 0 Å². The van der Waals surface area contributed by atoms with Gasteiger partial charge in [-0.15, -0.1) is 0 Å². The predicted molar refractivity (Wildman–Crippen MR) is 92.8 cm³/mol. The highest BCUT2D eigenvalue weighted by molar-refractivity contribution is 5.61. The first-order valence-corrected chi connectivity index (χ1v) is 7.54. The summed E-state index contributed by atoms with van der Waals surface area (Å²) in [5.41, 5.74) is 21.5. The highest BCUT2D eigenvalue weighted by atomic mass is 14.6. The number of nitrogens with two attached hydrogens (primary N) is 2. The molecule has 2 aromatic rings. The molecule has 0 radical (unpaired) electrons. The lowest BCUT2D eigenvalue weighted by Crippen LogP contribution is -2.04. The highest BCUT2D eigenvalue weighted by Gasteiger charge is 2.11. The third-order valence-electron chi connectivity index (χ3n) is 4.16. The summed E-state index contributed by atoms with van der Waals surface area (Å²) in [4.78, 5) is 0. The molecule has 0 atom stereocenters. The molecule has 21 heavy (non-hydrogen) atoms. The van der Waals surface area contributed by atoms with E-state index < -0.39 is 0 Å². The molecular weight excluding hydrogens is 256 g/mol. The molecule has 0 saturated carbocycles. The van der Waals surface area contributed by atoms with Crippen LogP contribution < -0.4 is 11.5 Å². The SMILES string of the molecule is Cc1cc(C)c(N)c(Cc2cc(C(C)C)cc(C)c2N)c1. The number of benzene rings is 2. The van der Waals surface area contributed by atoms with Gasteiger partial charge in [0, 0.05) is 17.8 Å². The molecule has 2 rings (SSSR count). The zero-order valence-electron chi connectivity index (χ0n) is 13.7. The normalized spacial score (nSPS) is 11.1. The predicted octanol–water partition coefficient (Wildman–Crippen LogP) is 4.49. The van der Waals surface area contributed by atoms with Crippen molar-refractivity contribution in [3.05, 3.63) is 57.6 Å². The molecule has 0 aromatic heterocycles. The van der Waals surface area contributed by atoms with Gasteiger partial charge in [-0.1, -0.05) is 43.7 Å². The minimum absolute atomic E-state index is 0.500. The van der Waals surface area contributed by atoms with Crippen LogP contribution in [0.15, 0.2) is 24.3 Å². The van der Waals surface area contributed by atoms with Crippen LogP contribution in [0.25, 0.3) is 0 Å². The van der Waals surface area contributed by atoms with E-state index in [0.29, 0.717) is 5.92 Å². The first-order valence-electron chi connectivity index (χ1n) is 7.54. The molecule has 0 heterocycles. The Morgan fingerprint density at radius 1 is 0.810 bits per heavy atom. The Labute approximate surface area is 128 Å². The smallest absolute Gasteiger partial charge is 0.0379 e. The first-order chi connectivity index (χ1) is 9.79. The maximum absolute atomic E-state index is 6.28. The topological polar surface area (TPSA) is 52.0 Å². The number of hydrogen-bond donors (Lipinski definition) is 2.